The maximum atomic E-state index is 12.3. The summed E-state index contributed by atoms with van der Waals surface area (Å²) in [6.45, 7) is 10.6. The fourth-order valence-corrected chi connectivity index (χ4v) is 3.11. The Balaban J connectivity index is 1.88. The van der Waals surface area contributed by atoms with Crippen LogP contribution >= 0.6 is 0 Å². The van der Waals surface area contributed by atoms with Gasteiger partial charge in [-0.15, -0.1) is 0 Å². The van der Waals surface area contributed by atoms with E-state index in [9.17, 15) is 14.4 Å². The molecule has 1 aliphatic heterocycles. The fourth-order valence-electron chi connectivity index (χ4n) is 3.11. The van der Waals surface area contributed by atoms with Gasteiger partial charge >= 0.3 is 0 Å². The molecule has 2 amide bonds. The molecule has 0 saturated carbocycles. The number of aromatic nitrogens is 2. The highest BCUT2D eigenvalue weighted by atomic mass is 16.2. The lowest BCUT2D eigenvalue weighted by Gasteiger charge is -2.38. The minimum Gasteiger partial charge on any atom is -0.356 e. The summed E-state index contributed by atoms with van der Waals surface area (Å²) in [5.74, 6) is 0.265. The monoisotopic (exact) mass is 363 g/mol. The number of piperazine rings is 1. The molecule has 0 unspecified atom stereocenters. The molecule has 1 atom stereocenters. The smallest absolute Gasteiger partial charge is 0.251 e. The third-order valence-electron chi connectivity index (χ3n) is 4.10. The van der Waals surface area contributed by atoms with Gasteiger partial charge in [-0.1, -0.05) is 20.8 Å². The molecule has 1 aromatic rings. The Hall–Kier alpha value is -2.22. The first-order valence-electron chi connectivity index (χ1n) is 8.99. The molecule has 0 aromatic carbocycles. The van der Waals surface area contributed by atoms with Gasteiger partial charge in [-0.3, -0.25) is 19.3 Å². The second-order valence-corrected chi connectivity index (χ2v) is 7.98. The summed E-state index contributed by atoms with van der Waals surface area (Å²) in [6.07, 6.45) is 0.560. The molecule has 3 N–H and O–H groups in total. The average molecular weight is 363 g/mol. The quantitative estimate of drug-likeness (QED) is 0.658. The molecular weight excluding hydrogens is 334 g/mol. The zero-order chi connectivity index (χ0) is 19.3. The van der Waals surface area contributed by atoms with Gasteiger partial charge in [-0.05, 0) is 12.3 Å². The Bertz CT molecular complexity index is 708. The third kappa shape index (κ3) is 6.25. The van der Waals surface area contributed by atoms with Gasteiger partial charge in [0.15, 0.2) is 0 Å². The van der Waals surface area contributed by atoms with Crippen molar-refractivity contribution < 1.29 is 9.59 Å². The molecule has 8 nitrogen and oxygen atoms in total. The van der Waals surface area contributed by atoms with E-state index in [2.05, 4.69) is 46.3 Å². The van der Waals surface area contributed by atoms with E-state index in [4.69, 9.17) is 0 Å². The van der Waals surface area contributed by atoms with Crippen LogP contribution in [0.4, 0.5) is 0 Å². The highest BCUT2D eigenvalue weighted by Gasteiger charge is 2.33. The van der Waals surface area contributed by atoms with Crippen molar-refractivity contribution in [1.29, 1.82) is 0 Å². The minimum atomic E-state index is -0.445. The number of carbonyl (C=O) groups is 2. The molecule has 0 radical (unpaired) electrons. The molecule has 0 aliphatic carbocycles. The Morgan fingerprint density at radius 2 is 2.12 bits per heavy atom. The van der Waals surface area contributed by atoms with Crippen molar-refractivity contribution in [2.45, 2.75) is 46.6 Å². The molecule has 26 heavy (non-hydrogen) atoms. The Morgan fingerprint density at radius 1 is 1.38 bits per heavy atom. The SMILES string of the molecule is Cc1cc(=O)[nH]c(CCNC(=O)C[C@H]2C(=O)NCCN2CC(C)(C)C)n1. The predicted molar refractivity (Wildman–Crippen MR) is 98.8 cm³/mol. The summed E-state index contributed by atoms with van der Waals surface area (Å²) in [5.41, 5.74) is 0.497. The van der Waals surface area contributed by atoms with Gasteiger partial charge in [0.05, 0.1) is 12.5 Å². The van der Waals surface area contributed by atoms with Gasteiger partial charge in [0, 0.05) is 44.4 Å². The normalized spacial score (nSPS) is 18.5. The summed E-state index contributed by atoms with van der Waals surface area (Å²) in [5, 5.41) is 5.65. The fraction of sp³-hybridized carbons (Fsp3) is 0.667. The molecule has 1 saturated heterocycles. The number of rotatable bonds is 6. The minimum absolute atomic E-state index is 0.0507. The van der Waals surface area contributed by atoms with Crippen molar-refractivity contribution >= 4 is 11.8 Å². The van der Waals surface area contributed by atoms with Crippen LogP contribution in [0.15, 0.2) is 10.9 Å². The molecule has 144 valence electrons. The van der Waals surface area contributed by atoms with E-state index in [-0.39, 0.29) is 29.2 Å². The second kappa shape index (κ2) is 8.44. The second-order valence-electron chi connectivity index (χ2n) is 7.98. The first kappa shape index (κ1) is 20.1. The van der Waals surface area contributed by atoms with E-state index in [1.807, 2.05) is 0 Å². The number of nitrogens with one attached hydrogen (secondary N) is 3. The number of H-pyrrole nitrogens is 1. The van der Waals surface area contributed by atoms with Crippen molar-refractivity contribution in [2.75, 3.05) is 26.2 Å². The van der Waals surface area contributed by atoms with Gasteiger partial charge in [-0.2, -0.15) is 0 Å². The zero-order valence-corrected chi connectivity index (χ0v) is 16.0. The lowest BCUT2D eigenvalue weighted by Crippen LogP contribution is -2.58. The Morgan fingerprint density at radius 3 is 2.77 bits per heavy atom. The van der Waals surface area contributed by atoms with Gasteiger partial charge in [0.2, 0.25) is 11.8 Å². The van der Waals surface area contributed by atoms with Crippen LogP contribution in [-0.2, 0) is 16.0 Å². The third-order valence-corrected chi connectivity index (χ3v) is 4.10. The molecule has 2 rings (SSSR count). The van der Waals surface area contributed by atoms with Crippen LogP contribution in [-0.4, -0.2) is 58.9 Å². The van der Waals surface area contributed by atoms with E-state index in [0.29, 0.717) is 31.0 Å². The first-order chi connectivity index (χ1) is 12.1. The summed E-state index contributed by atoms with van der Waals surface area (Å²) >= 11 is 0. The van der Waals surface area contributed by atoms with Crippen LogP contribution in [0.3, 0.4) is 0 Å². The Labute approximate surface area is 153 Å². The number of nitrogens with zero attached hydrogens (tertiary/aromatic N) is 2. The van der Waals surface area contributed by atoms with Crippen LogP contribution in [0.25, 0.3) is 0 Å². The Kier molecular flexibility index (Phi) is 6.52. The van der Waals surface area contributed by atoms with Gasteiger partial charge in [-0.25, -0.2) is 4.98 Å². The summed E-state index contributed by atoms with van der Waals surface area (Å²) in [7, 11) is 0. The number of carbonyl (C=O) groups excluding carboxylic acids is 2. The molecule has 2 heterocycles. The number of aromatic amines is 1. The van der Waals surface area contributed by atoms with Crippen molar-refractivity contribution in [3.05, 3.63) is 27.9 Å². The molecule has 1 fully saturated rings. The number of aryl methyl sites for hydroxylation is 1. The molecular formula is C18H29N5O3. The van der Waals surface area contributed by atoms with E-state index >= 15 is 0 Å². The average Bonchev–Trinajstić information content (AvgIpc) is 2.48. The van der Waals surface area contributed by atoms with Gasteiger partial charge in [0.25, 0.3) is 5.56 Å². The van der Waals surface area contributed by atoms with Crippen molar-refractivity contribution in [1.82, 2.24) is 25.5 Å². The lowest BCUT2D eigenvalue weighted by molar-refractivity contribution is -0.134. The van der Waals surface area contributed by atoms with Gasteiger partial charge in [0.1, 0.15) is 5.82 Å². The topological polar surface area (TPSA) is 107 Å². The van der Waals surface area contributed by atoms with Crippen LogP contribution in [0.1, 0.15) is 38.7 Å². The van der Waals surface area contributed by atoms with Crippen LogP contribution < -0.4 is 16.2 Å². The highest BCUT2D eigenvalue weighted by Crippen LogP contribution is 2.19. The molecule has 8 heteroatoms. The lowest BCUT2D eigenvalue weighted by atomic mass is 9.94. The zero-order valence-electron chi connectivity index (χ0n) is 16.0. The van der Waals surface area contributed by atoms with Crippen molar-refractivity contribution in [3.8, 4) is 0 Å². The summed E-state index contributed by atoms with van der Waals surface area (Å²) < 4.78 is 0. The summed E-state index contributed by atoms with van der Waals surface area (Å²) in [6, 6.07) is 0.980. The van der Waals surface area contributed by atoms with Crippen molar-refractivity contribution in [3.63, 3.8) is 0 Å². The number of hydrogen-bond acceptors (Lipinski definition) is 5. The standard InChI is InChI=1S/C18H29N5O3/c1-12-9-16(25)22-14(21-12)5-6-19-15(24)10-13-17(26)20-7-8-23(13)11-18(2,3)4/h9,13H,5-8,10-11H2,1-4H3,(H,19,24)(H,20,26)(H,21,22,25)/t13-/m0/s1. The van der Waals surface area contributed by atoms with Gasteiger partial charge < -0.3 is 15.6 Å². The number of hydrogen-bond donors (Lipinski definition) is 3. The highest BCUT2D eigenvalue weighted by molar-refractivity contribution is 5.88. The van der Waals surface area contributed by atoms with E-state index in [1.165, 1.54) is 6.07 Å². The molecule has 1 aromatic heterocycles. The summed E-state index contributed by atoms with van der Waals surface area (Å²) in [4.78, 5) is 44.9. The maximum absolute atomic E-state index is 12.3. The number of amides is 2. The largest absolute Gasteiger partial charge is 0.356 e. The first-order valence-corrected chi connectivity index (χ1v) is 8.99. The molecule has 0 spiro atoms. The van der Waals surface area contributed by atoms with Crippen LogP contribution in [0.2, 0.25) is 0 Å². The van der Waals surface area contributed by atoms with Crippen LogP contribution in [0, 0.1) is 12.3 Å². The molecule has 1 aliphatic rings. The van der Waals surface area contributed by atoms with E-state index in [1.54, 1.807) is 6.92 Å². The predicted octanol–water partition coefficient (Wildman–Crippen LogP) is -0.0264. The maximum Gasteiger partial charge on any atom is 0.251 e. The molecule has 0 bridgehead atoms. The van der Waals surface area contributed by atoms with E-state index in [0.717, 1.165) is 13.1 Å². The van der Waals surface area contributed by atoms with Crippen LogP contribution in [0.5, 0.6) is 0 Å². The van der Waals surface area contributed by atoms with E-state index < -0.39 is 6.04 Å². The van der Waals surface area contributed by atoms with Crippen molar-refractivity contribution in [2.24, 2.45) is 5.41 Å².